The fourth-order valence-corrected chi connectivity index (χ4v) is 14.9. The van der Waals surface area contributed by atoms with Gasteiger partial charge in [-0.2, -0.15) is 0 Å². The molecule has 0 saturated heterocycles. The van der Waals surface area contributed by atoms with E-state index in [1.165, 1.54) is 0 Å². The van der Waals surface area contributed by atoms with Crippen LogP contribution in [0.2, 0.25) is 51.4 Å². The molecule has 0 fully saturated rings. The summed E-state index contributed by atoms with van der Waals surface area (Å²) in [7, 11) is -5.70. The minimum atomic E-state index is -2.30. The molecule has 7 heteroatoms. The van der Waals surface area contributed by atoms with Crippen molar-refractivity contribution < 1.29 is 18.4 Å². The fraction of sp³-hybridized carbons (Fsp3) is 1.00. The van der Waals surface area contributed by atoms with E-state index in [2.05, 4.69) is 39.3 Å². The van der Waals surface area contributed by atoms with Crippen LogP contribution in [0.25, 0.3) is 0 Å². The lowest BCUT2D eigenvalue weighted by molar-refractivity contribution is 0.275. The first-order chi connectivity index (χ1) is 8.54. The van der Waals surface area contributed by atoms with Crippen molar-refractivity contribution in [3.63, 3.8) is 0 Å². The summed E-state index contributed by atoms with van der Waals surface area (Å²) in [6.07, 6.45) is 1.46. The van der Waals surface area contributed by atoms with Gasteiger partial charge in [0.2, 0.25) is 0 Å². The van der Waals surface area contributed by atoms with Crippen molar-refractivity contribution in [3.8, 4) is 0 Å². The van der Waals surface area contributed by atoms with E-state index in [0.29, 0.717) is 0 Å². The molecule has 2 N–H and O–H groups in total. The zero-order chi connectivity index (χ0) is 15.2. The Bertz CT molecular complexity index is 222. The van der Waals surface area contributed by atoms with Gasteiger partial charge in [0.05, 0.1) is 0 Å². The molecule has 0 amide bonds. The third kappa shape index (κ3) is 9.94. The zero-order valence-electron chi connectivity index (χ0n) is 13.5. The van der Waals surface area contributed by atoms with Crippen LogP contribution in [0.15, 0.2) is 0 Å². The molecule has 0 unspecified atom stereocenters. The molecule has 0 bridgehead atoms. The molecular weight excluding hydrogens is 292 g/mol. The lowest BCUT2D eigenvalue weighted by Gasteiger charge is -2.41. The molecule has 0 spiro atoms. The Labute approximate surface area is 121 Å². The van der Waals surface area contributed by atoms with Crippen molar-refractivity contribution >= 4 is 25.2 Å². The maximum atomic E-state index is 9.14. The van der Waals surface area contributed by atoms with Gasteiger partial charge in [0, 0.05) is 13.2 Å². The first kappa shape index (κ1) is 19.5. The van der Waals surface area contributed by atoms with Crippen LogP contribution in [0.4, 0.5) is 0 Å². The van der Waals surface area contributed by atoms with E-state index in [-0.39, 0.29) is 13.2 Å². The van der Waals surface area contributed by atoms with Crippen LogP contribution in [-0.2, 0) is 8.23 Å². The average Bonchev–Trinajstić information content (AvgIpc) is 2.19. The van der Waals surface area contributed by atoms with Crippen LogP contribution < -0.4 is 0 Å². The highest BCUT2D eigenvalue weighted by Gasteiger charge is 2.43. The highest BCUT2D eigenvalue weighted by atomic mass is 28.5. The minimum Gasteiger partial charge on any atom is -0.436 e. The molecule has 0 radical (unpaired) electrons. The predicted molar refractivity (Wildman–Crippen MR) is 87.6 cm³/mol. The topological polar surface area (TPSA) is 58.9 Å². The SMILES string of the molecule is C[Si](C)(C)O[Si](CCCO)(CCCO)O[Si](C)(C)C. The van der Waals surface area contributed by atoms with Gasteiger partial charge in [-0.25, -0.2) is 0 Å². The normalized spacial score (nSPS) is 13.9. The maximum absolute atomic E-state index is 9.14. The van der Waals surface area contributed by atoms with Crippen LogP contribution >= 0.6 is 0 Å². The second kappa shape index (κ2) is 8.06. The van der Waals surface area contributed by atoms with E-state index in [9.17, 15) is 0 Å². The molecule has 0 aliphatic carbocycles. The zero-order valence-corrected chi connectivity index (χ0v) is 16.5. The fourth-order valence-electron chi connectivity index (χ4n) is 2.16. The summed E-state index contributed by atoms with van der Waals surface area (Å²) in [4.78, 5) is 0. The van der Waals surface area contributed by atoms with Crippen LogP contribution in [-0.4, -0.2) is 48.6 Å². The van der Waals surface area contributed by atoms with Crippen molar-refractivity contribution in [2.24, 2.45) is 0 Å². The van der Waals surface area contributed by atoms with Crippen LogP contribution in [0, 0.1) is 0 Å². The molecular formula is C12H32O4Si3. The summed E-state index contributed by atoms with van der Waals surface area (Å²) in [6, 6.07) is 1.66. The molecule has 0 rings (SSSR count). The number of rotatable bonds is 10. The average molecular weight is 325 g/mol. The monoisotopic (exact) mass is 324 g/mol. The van der Waals surface area contributed by atoms with E-state index >= 15 is 0 Å². The van der Waals surface area contributed by atoms with Gasteiger partial charge >= 0.3 is 8.56 Å². The summed E-state index contributed by atoms with van der Waals surface area (Å²) >= 11 is 0. The first-order valence-electron chi connectivity index (χ1n) is 7.16. The van der Waals surface area contributed by atoms with Crippen molar-refractivity contribution in [3.05, 3.63) is 0 Å². The molecule has 116 valence electrons. The Balaban J connectivity index is 5.06. The Morgan fingerprint density at radius 1 is 0.684 bits per heavy atom. The first-order valence-corrected chi connectivity index (χ1v) is 16.2. The predicted octanol–water partition coefficient (Wildman–Crippen LogP) is 2.90. The third-order valence-corrected chi connectivity index (χ3v) is 12.5. The number of aliphatic hydroxyl groups is 2. The van der Waals surface area contributed by atoms with Crippen LogP contribution in [0.5, 0.6) is 0 Å². The summed E-state index contributed by atoms with van der Waals surface area (Å²) in [5.74, 6) is 0. The lowest BCUT2D eigenvalue weighted by atomic mass is 10.5. The van der Waals surface area contributed by atoms with Crippen molar-refractivity contribution in [1.82, 2.24) is 0 Å². The standard InChI is InChI=1S/C12H32O4Si3/c1-17(2,3)15-19(11-7-9-13,12-8-10-14)16-18(4,5)6/h13-14H,7-12H2,1-6H3. The van der Waals surface area contributed by atoms with Gasteiger partial charge in [-0.05, 0) is 64.2 Å². The molecule has 0 aromatic rings. The van der Waals surface area contributed by atoms with E-state index in [0.717, 1.165) is 24.9 Å². The maximum Gasteiger partial charge on any atom is 0.317 e. The van der Waals surface area contributed by atoms with Gasteiger partial charge in [0.1, 0.15) is 0 Å². The van der Waals surface area contributed by atoms with Gasteiger partial charge in [-0.3, -0.25) is 0 Å². The number of hydrogen-bond acceptors (Lipinski definition) is 4. The quantitative estimate of drug-likeness (QED) is 0.607. The molecule has 4 nitrogen and oxygen atoms in total. The number of aliphatic hydroxyl groups excluding tert-OH is 2. The van der Waals surface area contributed by atoms with Gasteiger partial charge in [0.25, 0.3) is 0 Å². The van der Waals surface area contributed by atoms with Crippen molar-refractivity contribution in [2.45, 2.75) is 64.2 Å². The van der Waals surface area contributed by atoms with Gasteiger partial charge in [0.15, 0.2) is 16.6 Å². The smallest absolute Gasteiger partial charge is 0.317 e. The van der Waals surface area contributed by atoms with Crippen LogP contribution in [0.1, 0.15) is 12.8 Å². The molecule has 0 heterocycles. The molecule has 0 aliphatic rings. The Hall–Kier alpha value is 0.491. The largest absolute Gasteiger partial charge is 0.436 e. The highest BCUT2D eigenvalue weighted by Crippen LogP contribution is 2.30. The van der Waals surface area contributed by atoms with Gasteiger partial charge in [-0.1, -0.05) is 0 Å². The molecule has 0 aliphatic heterocycles. The summed E-state index contributed by atoms with van der Waals surface area (Å²) in [6.45, 7) is 13.4. The second-order valence-electron chi connectivity index (χ2n) is 6.99. The van der Waals surface area contributed by atoms with Crippen molar-refractivity contribution in [1.29, 1.82) is 0 Å². The molecule has 0 aromatic carbocycles. The van der Waals surface area contributed by atoms with Gasteiger partial charge < -0.3 is 18.4 Å². The van der Waals surface area contributed by atoms with Gasteiger partial charge in [-0.15, -0.1) is 0 Å². The highest BCUT2D eigenvalue weighted by molar-refractivity contribution is 6.88. The Morgan fingerprint density at radius 3 is 1.21 bits per heavy atom. The minimum absolute atomic E-state index is 0.179. The Kier molecular flexibility index (Phi) is 8.27. The van der Waals surface area contributed by atoms with E-state index < -0.39 is 25.2 Å². The lowest BCUT2D eigenvalue weighted by Crippen LogP contribution is -2.54. The second-order valence-corrected chi connectivity index (χ2v) is 19.9. The van der Waals surface area contributed by atoms with E-state index in [1.54, 1.807) is 0 Å². The third-order valence-electron chi connectivity index (χ3n) is 2.42. The molecule has 0 saturated carbocycles. The molecule has 19 heavy (non-hydrogen) atoms. The molecule has 0 atom stereocenters. The Morgan fingerprint density at radius 2 is 1.00 bits per heavy atom. The summed E-state index contributed by atoms with van der Waals surface area (Å²) in [5, 5.41) is 18.3. The van der Waals surface area contributed by atoms with E-state index in [4.69, 9.17) is 18.4 Å². The summed E-state index contributed by atoms with van der Waals surface area (Å²) < 4.78 is 12.9. The summed E-state index contributed by atoms with van der Waals surface area (Å²) in [5.41, 5.74) is 0. The van der Waals surface area contributed by atoms with Crippen molar-refractivity contribution in [2.75, 3.05) is 13.2 Å². The van der Waals surface area contributed by atoms with E-state index in [1.807, 2.05) is 0 Å². The van der Waals surface area contributed by atoms with Crippen LogP contribution in [0.3, 0.4) is 0 Å². The molecule has 0 aromatic heterocycles. The number of hydrogen-bond donors (Lipinski definition) is 2.